The first-order valence-corrected chi connectivity index (χ1v) is 6.33. The highest BCUT2D eigenvalue weighted by atomic mass is 35.5. The summed E-state index contributed by atoms with van der Waals surface area (Å²) in [6.45, 7) is 0. The van der Waals surface area contributed by atoms with Crippen LogP contribution in [0.2, 0.25) is 10.0 Å². The van der Waals surface area contributed by atoms with Gasteiger partial charge in [0.15, 0.2) is 0 Å². The monoisotopic (exact) mass is 277 g/mol. The van der Waals surface area contributed by atoms with Gasteiger partial charge in [-0.1, -0.05) is 29.3 Å². The van der Waals surface area contributed by atoms with Gasteiger partial charge in [-0.25, -0.2) is 4.98 Å². The fourth-order valence-electron chi connectivity index (χ4n) is 1.13. The molecule has 0 N–H and O–H groups in total. The minimum atomic E-state index is 0.428. The summed E-state index contributed by atoms with van der Waals surface area (Å²) in [5, 5.41) is 3.93. The Hall–Kier alpha value is -0.280. The summed E-state index contributed by atoms with van der Waals surface area (Å²) in [5.41, 5.74) is 1.84. The molecule has 0 bridgehead atoms. The Morgan fingerprint density at radius 1 is 1.20 bits per heavy atom. The average molecular weight is 279 g/mol. The number of nitrogens with zero attached hydrogens (tertiary/aromatic N) is 1. The Balaban J connectivity index is 2.40. The van der Waals surface area contributed by atoms with Crippen LogP contribution in [0.15, 0.2) is 23.6 Å². The first kappa shape index (κ1) is 11.2. The lowest BCUT2D eigenvalue weighted by atomic mass is 10.2. The van der Waals surface area contributed by atoms with Crippen molar-refractivity contribution < 1.29 is 0 Å². The van der Waals surface area contributed by atoms with Gasteiger partial charge in [0.25, 0.3) is 0 Å². The molecule has 15 heavy (non-hydrogen) atoms. The minimum absolute atomic E-state index is 0.428. The number of hydrogen-bond donors (Lipinski definition) is 0. The molecule has 1 aromatic carbocycles. The van der Waals surface area contributed by atoms with Gasteiger partial charge in [-0.2, -0.15) is 0 Å². The number of aromatic nitrogens is 1. The van der Waals surface area contributed by atoms with Gasteiger partial charge in [0.05, 0.1) is 21.6 Å². The van der Waals surface area contributed by atoms with Crippen LogP contribution in [-0.4, -0.2) is 4.98 Å². The van der Waals surface area contributed by atoms with Crippen molar-refractivity contribution in [1.29, 1.82) is 0 Å². The van der Waals surface area contributed by atoms with Gasteiger partial charge in [0.1, 0.15) is 5.01 Å². The normalized spacial score (nSPS) is 10.6. The molecule has 78 valence electrons. The molecule has 0 aliphatic carbocycles. The second kappa shape index (κ2) is 4.71. The number of thiazole rings is 1. The minimum Gasteiger partial charge on any atom is -0.240 e. The zero-order valence-corrected chi connectivity index (χ0v) is 10.6. The number of rotatable bonds is 2. The van der Waals surface area contributed by atoms with Gasteiger partial charge < -0.3 is 0 Å². The molecule has 0 aliphatic heterocycles. The fraction of sp³-hybridized carbons (Fsp3) is 0.100. The lowest BCUT2D eigenvalue weighted by Gasteiger charge is -1.98. The molecule has 0 fully saturated rings. The van der Waals surface area contributed by atoms with E-state index in [0.717, 1.165) is 16.3 Å². The summed E-state index contributed by atoms with van der Waals surface area (Å²) in [4.78, 5) is 4.35. The molecule has 0 atom stereocenters. The molecule has 0 saturated heterocycles. The summed E-state index contributed by atoms with van der Waals surface area (Å²) in [6.07, 6.45) is 0. The van der Waals surface area contributed by atoms with Crippen LogP contribution in [0.3, 0.4) is 0 Å². The Morgan fingerprint density at radius 3 is 2.60 bits per heavy atom. The van der Waals surface area contributed by atoms with Crippen LogP contribution < -0.4 is 0 Å². The molecule has 0 aliphatic rings. The van der Waals surface area contributed by atoms with Crippen molar-refractivity contribution in [2.24, 2.45) is 0 Å². The maximum absolute atomic E-state index is 5.92. The van der Waals surface area contributed by atoms with Crippen molar-refractivity contribution in [3.05, 3.63) is 39.3 Å². The van der Waals surface area contributed by atoms with Crippen LogP contribution in [0.25, 0.3) is 10.6 Å². The van der Waals surface area contributed by atoms with Crippen LogP contribution in [0, 0.1) is 0 Å². The predicted octanol–water partition coefficient (Wildman–Crippen LogP) is 4.86. The van der Waals surface area contributed by atoms with E-state index < -0.39 is 0 Å². The second-order valence-corrected chi connectivity index (χ2v) is 4.85. The van der Waals surface area contributed by atoms with E-state index in [9.17, 15) is 0 Å². The second-order valence-electron chi connectivity index (χ2n) is 2.91. The molecule has 0 spiro atoms. The van der Waals surface area contributed by atoms with E-state index in [0.29, 0.717) is 15.9 Å². The lowest BCUT2D eigenvalue weighted by molar-refractivity contribution is 1.23. The molecule has 0 amide bonds. The summed E-state index contributed by atoms with van der Waals surface area (Å²) < 4.78 is 0. The third-order valence-corrected chi connectivity index (χ3v) is 3.81. The first-order chi connectivity index (χ1) is 7.20. The van der Waals surface area contributed by atoms with E-state index in [1.54, 1.807) is 23.5 Å². The van der Waals surface area contributed by atoms with Crippen LogP contribution in [0.1, 0.15) is 5.69 Å². The van der Waals surface area contributed by atoms with Gasteiger partial charge in [-0.3, -0.25) is 0 Å². The van der Waals surface area contributed by atoms with Gasteiger partial charge >= 0.3 is 0 Å². The van der Waals surface area contributed by atoms with Gasteiger partial charge in [0, 0.05) is 10.9 Å². The zero-order valence-electron chi connectivity index (χ0n) is 7.51. The maximum Gasteiger partial charge on any atom is 0.123 e. The summed E-state index contributed by atoms with van der Waals surface area (Å²) in [5.74, 6) is 0.428. The summed E-state index contributed by atoms with van der Waals surface area (Å²) >= 11 is 19.0. The highest BCUT2D eigenvalue weighted by Crippen LogP contribution is 2.30. The topological polar surface area (TPSA) is 12.9 Å². The third kappa shape index (κ3) is 2.45. The lowest BCUT2D eigenvalue weighted by Crippen LogP contribution is -1.79. The highest BCUT2D eigenvalue weighted by molar-refractivity contribution is 7.13. The first-order valence-electron chi connectivity index (χ1n) is 4.16. The van der Waals surface area contributed by atoms with Crippen molar-refractivity contribution >= 4 is 46.1 Å². The largest absolute Gasteiger partial charge is 0.240 e. The van der Waals surface area contributed by atoms with E-state index in [1.165, 1.54) is 0 Å². The molecule has 1 heterocycles. The molecule has 0 saturated carbocycles. The molecular weight excluding hydrogens is 273 g/mol. The van der Waals surface area contributed by atoms with E-state index in [4.69, 9.17) is 34.8 Å². The molecule has 1 aromatic heterocycles. The van der Waals surface area contributed by atoms with Crippen LogP contribution in [0.5, 0.6) is 0 Å². The molecular formula is C10H6Cl3NS. The van der Waals surface area contributed by atoms with Crippen LogP contribution in [0.4, 0.5) is 0 Å². The molecule has 1 nitrogen and oxygen atoms in total. The Morgan fingerprint density at radius 2 is 2.00 bits per heavy atom. The van der Waals surface area contributed by atoms with E-state index in [2.05, 4.69) is 4.98 Å². The number of benzene rings is 1. The van der Waals surface area contributed by atoms with Crippen LogP contribution in [-0.2, 0) is 5.88 Å². The summed E-state index contributed by atoms with van der Waals surface area (Å²) in [7, 11) is 0. The van der Waals surface area contributed by atoms with Gasteiger partial charge in [-0.15, -0.1) is 22.9 Å². The molecule has 0 unspecified atom stereocenters. The van der Waals surface area contributed by atoms with E-state index in [-0.39, 0.29) is 0 Å². The quantitative estimate of drug-likeness (QED) is 0.715. The number of halogens is 3. The average Bonchev–Trinajstić information content (AvgIpc) is 2.70. The Bertz CT molecular complexity index is 481. The number of alkyl halides is 1. The Labute approximate surface area is 107 Å². The van der Waals surface area contributed by atoms with Gasteiger partial charge in [-0.05, 0) is 12.1 Å². The smallest absolute Gasteiger partial charge is 0.123 e. The van der Waals surface area contributed by atoms with Crippen molar-refractivity contribution in [2.75, 3.05) is 0 Å². The fourth-order valence-corrected chi connectivity index (χ4v) is 2.47. The maximum atomic E-state index is 5.92. The molecule has 5 heteroatoms. The van der Waals surface area contributed by atoms with Crippen LogP contribution >= 0.6 is 46.1 Å². The van der Waals surface area contributed by atoms with E-state index in [1.807, 2.05) is 11.4 Å². The van der Waals surface area contributed by atoms with Crippen molar-refractivity contribution in [3.8, 4) is 10.6 Å². The van der Waals surface area contributed by atoms with Crippen molar-refractivity contribution in [1.82, 2.24) is 4.98 Å². The van der Waals surface area contributed by atoms with Crippen molar-refractivity contribution in [3.63, 3.8) is 0 Å². The summed E-state index contributed by atoms with van der Waals surface area (Å²) in [6, 6.07) is 5.47. The molecule has 2 aromatic rings. The SMILES string of the molecule is ClCc1csc(-c2ccc(Cl)c(Cl)c2)n1. The Kier molecular flexibility index (Phi) is 3.52. The highest BCUT2D eigenvalue weighted by Gasteiger charge is 2.06. The van der Waals surface area contributed by atoms with Crippen molar-refractivity contribution in [2.45, 2.75) is 5.88 Å². The van der Waals surface area contributed by atoms with Gasteiger partial charge in [0.2, 0.25) is 0 Å². The third-order valence-electron chi connectivity index (χ3n) is 1.86. The molecule has 0 radical (unpaired) electrons. The van der Waals surface area contributed by atoms with E-state index >= 15 is 0 Å². The zero-order chi connectivity index (χ0) is 10.8. The molecule has 2 rings (SSSR count). The standard InChI is InChI=1S/C10H6Cl3NS/c11-4-7-5-15-10(14-7)6-1-2-8(12)9(13)3-6/h1-3,5H,4H2. The number of hydrogen-bond acceptors (Lipinski definition) is 2. The predicted molar refractivity (Wildman–Crippen MR) is 67.1 cm³/mol.